The van der Waals surface area contributed by atoms with Gasteiger partial charge in [-0.15, -0.1) is 0 Å². The molecule has 3 atom stereocenters. The summed E-state index contributed by atoms with van der Waals surface area (Å²) in [7, 11) is -0.305. The Morgan fingerprint density at radius 1 is 0.819 bits per heavy atom. The molecule has 3 unspecified atom stereocenters. The molecule has 1 aliphatic carbocycles. The number of quaternary nitrogens is 2. The highest BCUT2D eigenvalue weighted by Gasteiger charge is 2.47. The van der Waals surface area contributed by atoms with Crippen molar-refractivity contribution in [1.82, 2.24) is 21.3 Å². The van der Waals surface area contributed by atoms with Gasteiger partial charge in [0, 0.05) is 53.0 Å². The lowest BCUT2D eigenvalue weighted by Gasteiger charge is -2.33. The molecule has 2 aromatic carbocycles. The molecule has 2 heterocycles. The van der Waals surface area contributed by atoms with Crippen LogP contribution in [-0.4, -0.2) is 167 Å². The molecule has 3 amide bonds. The number of carboxylic acid groups (broad SMARTS) is 1. The van der Waals surface area contributed by atoms with Gasteiger partial charge in [0.15, 0.2) is 18.2 Å². The van der Waals surface area contributed by atoms with Gasteiger partial charge in [-0.05, 0) is 63.7 Å². The van der Waals surface area contributed by atoms with E-state index in [4.69, 9.17) is 5.11 Å². The molecule has 5 rings (SSSR count). The van der Waals surface area contributed by atoms with Crippen molar-refractivity contribution in [2.24, 2.45) is 0 Å². The molecule has 3 aliphatic rings. The molecule has 0 saturated carbocycles. The number of fused-ring (bicyclic) bond motifs is 2. The Bertz CT molecular complexity index is 2790. The molecule has 2 aliphatic heterocycles. The molecule has 0 bridgehead atoms. The number of Topliss-reactive ketones (excluding diaryl/α,β-unsaturated/α-hetero) is 1. The van der Waals surface area contributed by atoms with Crippen molar-refractivity contribution < 1.29 is 69.0 Å². The van der Waals surface area contributed by atoms with Gasteiger partial charge in [0.1, 0.15) is 19.1 Å². The standard InChI is InChI=1S/C50H70N8O12S2/c1-49(2)35-19-12-14-21-39(35)56(6)41(49)27-33-45(34(46(33)62)28-42-50(3,4)36-20-13-15-22-40(36)57(42)25-17-18-26-58(7,8)9)54-38(31-72(68,69)70)47(63)51-29-43(59)53-37(30-71(65,66)67)48(64)52-32-55(5)24-16-10-11-23-44(60)61/h12-15,19-22,27-28,37-38H,10-11,16-18,23-26,29-32H2,1-9H3,(H5-2,51,52,53,54,59,60,61,62,63,64,65,66,67,68,69,70)/p+1. The molecule has 0 spiro atoms. The number of carboxylic acids is 1. The van der Waals surface area contributed by atoms with Crippen LogP contribution in [0.15, 0.2) is 83.2 Å². The van der Waals surface area contributed by atoms with Crippen LogP contribution in [0.1, 0.15) is 77.3 Å². The predicted molar refractivity (Wildman–Crippen MR) is 269 cm³/mol. The number of unbranched alkanes of at least 4 members (excludes halogenated alkanes) is 3. The molecule has 20 nitrogen and oxygen atoms in total. The van der Waals surface area contributed by atoms with Crippen molar-refractivity contribution in [2.45, 2.75) is 89.1 Å². The van der Waals surface area contributed by atoms with Crippen molar-refractivity contribution in [3.63, 3.8) is 0 Å². The first kappa shape index (κ1) is 57.1. The molecular weight excluding hydrogens is 969 g/mol. The Kier molecular flexibility index (Phi) is 18.2. The smallest absolute Gasteiger partial charge is 0.303 e. The van der Waals surface area contributed by atoms with Crippen molar-refractivity contribution in [1.29, 1.82) is 0 Å². The zero-order valence-electron chi connectivity index (χ0n) is 42.7. The number of carbonyl (C=O) groups excluding carboxylic acids is 4. The molecule has 0 radical (unpaired) electrons. The van der Waals surface area contributed by atoms with Crippen LogP contribution in [0.3, 0.4) is 0 Å². The average Bonchev–Trinajstić information content (AvgIpc) is 3.61. The molecule has 2 aromatic rings. The maximum absolute atomic E-state index is 14.7. The summed E-state index contributed by atoms with van der Waals surface area (Å²) in [6.07, 6.45) is 6.92. The highest BCUT2D eigenvalue weighted by molar-refractivity contribution is 7.86. The van der Waals surface area contributed by atoms with Gasteiger partial charge in [0.25, 0.3) is 0 Å². The summed E-state index contributed by atoms with van der Waals surface area (Å²) in [4.78, 5) is 68.8. The van der Waals surface area contributed by atoms with Crippen LogP contribution in [0.25, 0.3) is 0 Å². The van der Waals surface area contributed by atoms with Crippen molar-refractivity contribution in [3.05, 3.63) is 94.4 Å². The SMILES string of the molecule is C[N+]1=C(/C=C2\C(=O)C(/C=C3/N(CCCC[N+](C)(C)C)c4ccccc4C3(C)C)=C2NC(CS(=O)(=O)[O-])C(=O)NCC(=O)NC(CS(=O)(=O)[O-])C(=O)NC[NH+](C)CCCCCC(=O)O)C(C)(C)c2ccccc21. The number of nitrogens with one attached hydrogen (secondary N) is 5. The summed E-state index contributed by atoms with van der Waals surface area (Å²) >= 11 is 0. The number of hydrogen-bond donors (Lipinski definition) is 6. The number of allylic oxidation sites excluding steroid dienone is 5. The summed E-state index contributed by atoms with van der Waals surface area (Å²) in [5, 5.41) is 18.6. The number of anilines is 1. The summed E-state index contributed by atoms with van der Waals surface area (Å²) in [5.41, 5.74) is 4.50. The van der Waals surface area contributed by atoms with Gasteiger partial charge in [0.05, 0.1) is 96.3 Å². The van der Waals surface area contributed by atoms with Crippen molar-refractivity contribution >= 4 is 66.8 Å². The summed E-state index contributed by atoms with van der Waals surface area (Å²) in [6, 6.07) is 11.9. The van der Waals surface area contributed by atoms with Gasteiger partial charge < -0.3 is 49.8 Å². The van der Waals surface area contributed by atoms with Gasteiger partial charge in [0.2, 0.25) is 23.4 Å². The number of amides is 3. The molecule has 22 heteroatoms. The van der Waals surface area contributed by atoms with E-state index in [1.54, 1.807) is 19.2 Å². The molecule has 6 N–H and O–H groups in total. The first-order chi connectivity index (χ1) is 33.4. The van der Waals surface area contributed by atoms with Crippen LogP contribution in [0.5, 0.6) is 0 Å². The number of para-hydroxylation sites is 2. The fraction of sp³-hybridized carbons (Fsp3) is 0.520. The zero-order chi connectivity index (χ0) is 53.6. The monoisotopic (exact) mass is 1040 g/mol. The molecule has 394 valence electrons. The Morgan fingerprint density at radius 3 is 2.06 bits per heavy atom. The quantitative estimate of drug-likeness (QED) is 0.0187. The second kappa shape index (κ2) is 23.0. The van der Waals surface area contributed by atoms with Crippen molar-refractivity contribution in [3.8, 4) is 0 Å². The van der Waals surface area contributed by atoms with Crippen LogP contribution in [-0.2, 0) is 55.0 Å². The molecule has 0 aromatic heterocycles. The van der Waals surface area contributed by atoms with Crippen molar-refractivity contribution in [2.75, 3.05) is 84.5 Å². The lowest BCUT2D eigenvalue weighted by molar-refractivity contribution is -0.881. The Morgan fingerprint density at radius 2 is 1.43 bits per heavy atom. The Labute approximate surface area is 423 Å². The van der Waals surface area contributed by atoms with Crippen LogP contribution in [0.4, 0.5) is 11.4 Å². The Hall–Kier alpha value is -5.78. The minimum atomic E-state index is -5.18. The minimum Gasteiger partial charge on any atom is -0.748 e. The fourth-order valence-electron chi connectivity index (χ4n) is 9.43. The third kappa shape index (κ3) is 14.7. The molecular formula is C50H71N8O12S2+. The van der Waals surface area contributed by atoms with E-state index >= 15 is 0 Å². The average molecular weight is 1040 g/mol. The van der Waals surface area contributed by atoms with Gasteiger partial charge in [-0.2, -0.15) is 4.58 Å². The lowest BCUT2D eigenvalue weighted by Crippen LogP contribution is -3.10. The van der Waals surface area contributed by atoms with Crippen LogP contribution < -0.4 is 31.1 Å². The van der Waals surface area contributed by atoms with Gasteiger partial charge in [-0.25, -0.2) is 16.8 Å². The second-order valence-corrected chi connectivity index (χ2v) is 23.8. The van der Waals surface area contributed by atoms with Gasteiger partial charge in [-0.1, -0.05) is 50.2 Å². The molecule has 72 heavy (non-hydrogen) atoms. The summed E-state index contributed by atoms with van der Waals surface area (Å²) in [6.45, 7) is 9.18. The third-order valence-corrected chi connectivity index (χ3v) is 14.8. The zero-order valence-corrected chi connectivity index (χ0v) is 44.3. The first-order valence-corrected chi connectivity index (χ1v) is 27.2. The normalized spacial score (nSPS) is 18.6. The fourth-order valence-corrected chi connectivity index (χ4v) is 10.7. The summed E-state index contributed by atoms with van der Waals surface area (Å²) < 4.78 is 75.6. The van der Waals surface area contributed by atoms with E-state index < -0.39 is 90.7 Å². The number of ketones is 1. The maximum Gasteiger partial charge on any atom is 0.303 e. The van der Waals surface area contributed by atoms with E-state index in [1.807, 2.05) is 87.8 Å². The largest absolute Gasteiger partial charge is 0.748 e. The topological polar surface area (TPSA) is 279 Å². The number of aliphatic carboxylic acids is 1. The van der Waals surface area contributed by atoms with E-state index in [0.29, 0.717) is 32.4 Å². The second-order valence-electron chi connectivity index (χ2n) is 20.9. The highest BCUT2D eigenvalue weighted by atomic mass is 32.2. The van der Waals surface area contributed by atoms with Crippen LogP contribution in [0.2, 0.25) is 0 Å². The Balaban J connectivity index is 1.46. The first-order valence-electron chi connectivity index (χ1n) is 24.0. The summed E-state index contributed by atoms with van der Waals surface area (Å²) in [5.74, 6) is -7.23. The number of rotatable bonds is 26. The minimum absolute atomic E-state index is 0.0186. The maximum atomic E-state index is 14.7. The van der Waals surface area contributed by atoms with E-state index in [1.165, 1.54) is 0 Å². The van der Waals surface area contributed by atoms with E-state index in [9.17, 15) is 49.9 Å². The van der Waals surface area contributed by atoms with Crippen LogP contribution >= 0.6 is 0 Å². The number of benzene rings is 2. The highest BCUT2D eigenvalue weighted by Crippen LogP contribution is 2.49. The number of hydrogen-bond acceptors (Lipinski definition) is 13. The van der Waals surface area contributed by atoms with E-state index in [-0.39, 0.29) is 29.9 Å². The third-order valence-electron chi connectivity index (χ3n) is 13.3. The number of carbonyl (C=O) groups is 5. The number of nitrogens with zero attached hydrogens (tertiary/aromatic N) is 3. The molecule has 0 saturated heterocycles. The lowest BCUT2D eigenvalue weighted by atomic mass is 9.77. The van der Waals surface area contributed by atoms with E-state index in [0.717, 1.165) is 62.7 Å². The molecule has 0 fully saturated rings. The van der Waals surface area contributed by atoms with E-state index in [2.05, 4.69) is 47.3 Å². The van der Waals surface area contributed by atoms with Gasteiger partial charge >= 0.3 is 5.97 Å². The van der Waals surface area contributed by atoms with Gasteiger partial charge in [-0.3, -0.25) is 24.0 Å². The van der Waals surface area contributed by atoms with Crippen LogP contribution in [0, 0.1) is 0 Å². The predicted octanol–water partition coefficient (Wildman–Crippen LogP) is 0.507.